The highest BCUT2D eigenvalue weighted by atomic mass is 16.6. The van der Waals surface area contributed by atoms with E-state index in [4.69, 9.17) is 4.74 Å². The molecule has 1 aromatic carbocycles. The SMILES string of the molecule is CCOC(=O)N1CCC2(CC1)CC(c1ccccc1)C(=O)N(C1CC1)C2. The van der Waals surface area contributed by atoms with Gasteiger partial charge in [-0.3, -0.25) is 4.79 Å². The molecule has 5 heteroatoms. The van der Waals surface area contributed by atoms with E-state index in [1.54, 1.807) is 0 Å². The standard InChI is InChI=1S/C21H28N2O3/c1-2-26-20(25)22-12-10-21(11-13-22)14-18(16-6-4-3-5-7-16)19(24)23(15-21)17-8-9-17/h3-7,17-18H,2,8-15H2,1H3. The number of hydrogen-bond donors (Lipinski definition) is 0. The normalized spacial score (nSPS) is 25.4. The maximum absolute atomic E-state index is 13.1. The summed E-state index contributed by atoms with van der Waals surface area (Å²) in [4.78, 5) is 29.1. The highest BCUT2D eigenvalue weighted by molar-refractivity contribution is 5.85. The second-order valence-electron chi connectivity index (χ2n) is 8.05. The van der Waals surface area contributed by atoms with E-state index in [-0.39, 0.29) is 17.4 Å². The summed E-state index contributed by atoms with van der Waals surface area (Å²) in [6, 6.07) is 10.7. The third-order valence-corrected chi connectivity index (χ3v) is 6.26. The Bertz CT molecular complexity index is 663. The van der Waals surface area contributed by atoms with Crippen molar-refractivity contribution in [2.75, 3.05) is 26.2 Å². The maximum Gasteiger partial charge on any atom is 0.409 e. The molecule has 140 valence electrons. The Morgan fingerprint density at radius 1 is 1.19 bits per heavy atom. The van der Waals surface area contributed by atoms with Gasteiger partial charge in [-0.25, -0.2) is 4.79 Å². The second-order valence-corrected chi connectivity index (χ2v) is 8.05. The van der Waals surface area contributed by atoms with Gasteiger partial charge in [0.15, 0.2) is 0 Å². The predicted octanol–water partition coefficient (Wildman–Crippen LogP) is 3.40. The van der Waals surface area contributed by atoms with Gasteiger partial charge in [0.05, 0.1) is 12.5 Å². The van der Waals surface area contributed by atoms with Crippen molar-refractivity contribution in [1.29, 1.82) is 0 Å². The van der Waals surface area contributed by atoms with Crippen LogP contribution in [0.25, 0.3) is 0 Å². The smallest absolute Gasteiger partial charge is 0.409 e. The molecule has 0 bridgehead atoms. The first-order valence-corrected chi connectivity index (χ1v) is 9.89. The monoisotopic (exact) mass is 356 g/mol. The molecular weight excluding hydrogens is 328 g/mol. The molecular formula is C21H28N2O3. The van der Waals surface area contributed by atoms with Crippen molar-refractivity contribution >= 4 is 12.0 Å². The fourth-order valence-electron chi connectivity index (χ4n) is 4.61. The van der Waals surface area contributed by atoms with Crippen LogP contribution in [-0.2, 0) is 9.53 Å². The zero-order valence-electron chi connectivity index (χ0n) is 15.5. The van der Waals surface area contributed by atoms with Gasteiger partial charge < -0.3 is 14.5 Å². The molecule has 0 aromatic heterocycles. The number of amides is 2. The molecule has 0 N–H and O–H groups in total. The van der Waals surface area contributed by atoms with E-state index < -0.39 is 0 Å². The number of piperidine rings is 2. The van der Waals surface area contributed by atoms with Crippen molar-refractivity contribution in [2.24, 2.45) is 5.41 Å². The largest absolute Gasteiger partial charge is 0.450 e. The van der Waals surface area contributed by atoms with Crippen LogP contribution in [0, 0.1) is 5.41 Å². The summed E-state index contributed by atoms with van der Waals surface area (Å²) in [5.41, 5.74) is 1.26. The molecule has 0 radical (unpaired) electrons. The number of carbonyl (C=O) groups excluding carboxylic acids is 2. The van der Waals surface area contributed by atoms with Crippen LogP contribution in [0.2, 0.25) is 0 Å². The maximum atomic E-state index is 13.1. The molecule has 1 aromatic rings. The van der Waals surface area contributed by atoms with E-state index in [9.17, 15) is 9.59 Å². The zero-order valence-corrected chi connectivity index (χ0v) is 15.5. The molecule has 1 spiro atoms. The van der Waals surface area contributed by atoms with Crippen LogP contribution in [0.1, 0.15) is 50.5 Å². The summed E-state index contributed by atoms with van der Waals surface area (Å²) in [6.45, 7) is 4.57. The fraction of sp³-hybridized carbons (Fsp3) is 0.619. The number of likely N-dealkylation sites (tertiary alicyclic amines) is 2. The lowest BCUT2D eigenvalue weighted by atomic mass is 9.67. The van der Waals surface area contributed by atoms with Gasteiger partial charge in [0.2, 0.25) is 5.91 Å². The number of nitrogens with zero attached hydrogens (tertiary/aromatic N) is 2. The molecule has 1 unspecified atom stereocenters. The van der Waals surface area contributed by atoms with Gasteiger partial charge in [0, 0.05) is 25.7 Å². The van der Waals surface area contributed by atoms with Gasteiger partial charge in [-0.1, -0.05) is 30.3 Å². The molecule has 2 saturated heterocycles. The molecule has 2 aliphatic heterocycles. The van der Waals surface area contributed by atoms with E-state index in [1.807, 2.05) is 30.0 Å². The average molecular weight is 356 g/mol. The number of benzene rings is 1. The van der Waals surface area contributed by atoms with Gasteiger partial charge in [-0.05, 0) is 50.0 Å². The second kappa shape index (κ2) is 6.93. The van der Waals surface area contributed by atoms with E-state index in [0.717, 1.165) is 57.3 Å². The molecule has 5 nitrogen and oxygen atoms in total. The summed E-state index contributed by atoms with van der Waals surface area (Å²) in [6.07, 6.45) is 4.87. The van der Waals surface area contributed by atoms with Gasteiger partial charge in [-0.15, -0.1) is 0 Å². The van der Waals surface area contributed by atoms with E-state index in [2.05, 4.69) is 17.0 Å². The summed E-state index contributed by atoms with van der Waals surface area (Å²) in [7, 11) is 0. The van der Waals surface area contributed by atoms with Gasteiger partial charge in [-0.2, -0.15) is 0 Å². The molecule has 1 saturated carbocycles. The Hall–Kier alpha value is -2.04. The number of carbonyl (C=O) groups is 2. The first-order valence-electron chi connectivity index (χ1n) is 9.89. The van der Waals surface area contributed by atoms with Crippen LogP contribution in [0.15, 0.2) is 30.3 Å². The van der Waals surface area contributed by atoms with Crippen molar-refractivity contribution in [3.63, 3.8) is 0 Å². The first kappa shape index (κ1) is 17.4. The Balaban J connectivity index is 1.53. The highest BCUT2D eigenvalue weighted by Crippen LogP contribution is 2.48. The summed E-state index contributed by atoms with van der Waals surface area (Å²) in [5.74, 6) is 0.261. The minimum absolute atomic E-state index is 0.0420. The molecule has 3 aliphatic rings. The molecule has 1 aliphatic carbocycles. The lowest BCUT2D eigenvalue weighted by molar-refractivity contribution is -0.142. The molecule has 2 amide bonds. The number of ether oxygens (including phenoxy) is 1. The van der Waals surface area contributed by atoms with Crippen molar-refractivity contribution < 1.29 is 14.3 Å². The number of rotatable bonds is 3. The van der Waals surface area contributed by atoms with Crippen LogP contribution in [-0.4, -0.2) is 54.1 Å². The molecule has 26 heavy (non-hydrogen) atoms. The van der Waals surface area contributed by atoms with Gasteiger partial charge in [0.25, 0.3) is 0 Å². The average Bonchev–Trinajstić information content (AvgIpc) is 3.50. The molecule has 4 rings (SSSR count). The van der Waals surface area contributed by atoms with Crippen molar-refractivity contribution in [3.8, 4) is 0 Å². The topological polar surface area (TPSA) is 49.9 Å². The summed E-state index contributed by atoms with van der Waals surface area (Å²) < 4.78 is 5.16. The van der Waals surface area contributed by atoms with Crippen LogP contribution < -0.4 is 0 Å². The van der Waals surface area contributed by atoms with Crippen LogP contribution in [0.5, 0.6) is 0 Å². The summed E-state index contributed by atoms with van der Waals surface area (Å²) >= 11 is 0. The van der Waals surface area contributed by atoms with Crippen molar-refractivity contribution in [1.82, 2.24) is 9.80 Å². The fourth-order valence-corrected chi connectivity index (χ4v) is 4.61. The minimum Gasteiger partial charge on any atom is -0.450 e. The third-order valence-electron chi connectivity index (χ3n) is 6.26. The van der Waals surface area contributed by atoms with Crippen LogP contribution >= 0.6 is 0 Å². The quantitative estimate of drug-likeness (QED) is 0.834. The number of hydrogen-bond acceptors (Lipinski definition) is 3. The van der Waals surface area contributed by atoms with Crippen molar-refractivity contribution in [2.45, 2.75) is 51.0 Å². The lowest BCUT2D eigenvalue weighted by Crippen LogP contribution is -2.55. The Morgan fingerprint density at radius 3 is 2.50 bits per heavy atom. The Morgan fingerprint density at radius 2 is 1.88 bits per heavy atom. The highest BCUT2D eigenvalue weighted by Gasteiger charge is 2.49. The molecule has 2 heterocycles. The van der Waals surface area contributed by atoms with Crippen LogP contribution in [0.4, 0.5) is 4.79 Å². The third kappa shape index (κ3) is 3.31. The molecule has 1 atom stereocenters. The lowest BCUT2D eigenvalue weighted by Gasteiger charge is -2.50. The van der Waals surface area contributed by atoms with Gasteiger partial charge >= 0.3 is 6.09 Å². The van der Waals surface area contributed by atoms with E-state index in [0.29, 0.717) is 18.6 Å². The predicted molar refractivity (Wildman–Crippen MR) is 98.8 cm³/mol. The van der Waals surface area contributed by atoms with Gasteiger partial charge in [0.1, 0.15) is 0 Å². The zero-order chi connectivity index (χ0) is 18.1. The van der Waals surface area contributed by atoms with Crippen molar-refractivity contribution in [3.05, 3.63) is 35.9 Å². The van der Waals surface area contributed by atoms with Crippen LogP contribution in [0.3, 0.4) is 0 Å². The minimum atomic E-state index is -0.201. The molecule has 3 fully saturated rings. The van der Waals surface area contributed by atoms with E-state index in [1.165, 1.54) is 0 Å². The summed E-state index contributed by atoms with van der Waals surface area (Å²) in [5, 5.41) is 0. The van der Waals surface area contributed by atoms with E-state index >= 15 is 0 Å². The Labute approximate surface area is 155 Å². The Kier molecular flexibility index (Phi) is 4.63. The first-order chi connectivity index (χ1) is 12.6.